The molecule has 0 radical (unpaired) electrons. The number of rotatable bonds is 14. The molecular weight excluding hydrogens is 644 g/mol. The Hall–Kier alpha value is -4.78. The molecule has 0 saturated carbocycles. The van der Waals surface area contributed by atoms with Crippen LogP contribution in [0.15, 0.2) is 109 Å². The fourth-order valence-corrected chi connectivity index (χ4v) is 6.43. The summed E-state index contributed by atoms with van der Waals surface area (Å²) in [4.78, 5) is 23.9. The summed E-state index contributed by atoms with van der Waals surface area (Å²) in [6.07, 6.45) is -5.95. The number of carboxylic acids is 1. The number of carboxylic acid groups (broad SMARTS) is 1. The van der Waals surface area contributed by atoms with Gasteiger partial charge >= 0.3 is 11.9 Å². The van der Waals surface area contributed by atoms with Crippen LogP contribution in [0.1, 0.15) is 41.4 Å². The standard InChI is InChI=1S/C39H40O11/c1-43-29-18-14-27(15-19-29)39(26-12-8-5-9-13-26,28-16-20-30(44-2)21-17-28)46-24-31-34-35(50-37(49-34)25-10-6-4-7-11-25)36(38(45-3)47-31)48-33(42)23-22-32(40)41/h4-21,31,34-38H,22-24H2,1-3H3,(H,40,41)/t31-,34+,35+,36-,37?,38+/m1/s1. The summed E-state index contributed by atoms with van der Waals surface area (Å²) in [7, 11) is 4.67. The number of hydrogen-bond donors (Lipinski definition) is 1. The van der Waals surface area contributed by atoms with E-state index in [-0.39, 0.29) is 19.4 Å². The normalized spacial score (nSPS) is 23.1. The van der Waals surface area contributed by atoms with E-state index in [9.17, 15) is 9.59 Å². The van der Waals surface area contributed by atoms with Crippen molar-refractivity contribution in [2.75, 3.05) is 27.9 Å². The maximum Gasteiger partial charge on any atom is 0.306 e. The van der Waals surface area contributed by atoms with Crippen molar-refractivity contribution >= 4 is 11.9 Å². The Labute approximate surface area is 290 Å². The van der Waals surface area contributed by atoms with Crippen molar-refractivity contribution in [2.45, 2.75) is 55.4 Å². The highest BCUT2D eigenvalue weighted by molar-refractivity contribution is 5.76. The molecule has 6 rings (SSSR count). The Balaban J connectivity index is 1.38. The molecule has 11 nitrogen and oxygen atoms in total. The smallest absolute Gasteiger partial charge is 0.306 e. The second-order valence-corrected chi connectivity index (χ2v) is 11.9. The first-order valence-electron chi connectivity index (χ1n) is 16.3. The second kappa shape index (κ2) is 15.8. The van der Waals surface area contributed by atoms with E-state index in [1.807, 2.05) is 109 Å². The zero-order valence-corrected chi connectivity index (χ0v) is 28.0. The van der Waals surface area contributed by atoms with Crippen LogP contribution in [0.2, 0.25) is 0 Å². The van der Waals surface area contributed by atoms with Gasteiger partial charge in [-0.05, 0) is 41.0 Å². The van der Waals surface area contributed by atoms with Gasteiger partial charge in [0.1, 0.15) is 35.4 Å². The van der Waals surface area contributed by atoms with Crippen LogP contribution in [0.5, 0.6) is 11.5 Å². The van der Waals surface area contributed by atoms with Gasteiger partial charge in [-0.3, -0.25) is 9.59 Å². The lowest BCUT2D eigenvalue weighted by molar-refractivity contribution is -0.284. The Kier molecular flexibility index (Phi) is 11.1. The van der Waals surface area contributed by atoms with Gasteiger partial charge in [0.2, 0.25) is 0 Å². The first-order chi connectivity index (χ1) is 24.4. The maximum atomic E-state index is 12.8. The third-order valence-corrected chi connectivity index (χ3v) is 8.90. The summed E-state index contributed by atoms with van der Waals surface area (Å²) in [6, 6.07) is 34.7. The molecule has 262 valence electrons. The molecule has 2 heterocycles. The molecule has 0 aliphatic carbocycles. The summed E-state index contributed by atoms with van der Waals surface area (Å²) < 4.78 is 49.0. The lowest BCUT2D eigenvalue weighted by Crippen LogP contribution is -2.59. The van der Waals surface area contributed by atoms with Gasteiger partial charge in [-0.1, -0.05) is 84.9 Å². The van der Waals surface area contributed by atoms with Crippen LogP contribution in [0, 0.1) is 0 Å². The van der Waals surface area contributed by atoms with E-state index in [0.29, 0.717) is 11.5 Å². The van der Waals surface area contributed by atoms with E-state index < -0.39 is 54.5 Å². The van der Waals surface area contributed by atoms with Gasteiger partial charge in [0.15, 0.2) is 18.7 Å². The van der Waals surface area contributed by atoms with Crippen LogP contribution >= 0.6 is 0 Å². The van der Waals surface area contributed by atoms with Crippen LogP contribution in [-0.4, -0.2) is 75.7 Å². The topological polar surface area (TPSA) is 128 Å². The molecule has 0 bridgehead atoms. The number of esters is 1. The van der Waals surface area contributed by atoms with Gasteiger partial charge in [0, 0.05) is 12.7 Å². The largest absolute Gasteiger partial charge is 0.497 e. The Morgan fingerprint density at radius 1 is 0.680 bits per heavy atom. The van der Waals surface area contributed by atoms with Crippen LogP contribution in [0.25, 0.3) is 0 Å². The van der Waals surface area contributed by atoms with Crippen LogP contribution in [0.3, 0.4) is 0 Å². The fourth-order valence-electron chi connectivity index (χ4n) is 6.43. The number of fused-ring (bicyclic) bond motifs is 1. The molecule has 0 amide bonds. The Bertz CT molecular complexity index is 1650. The van der Waals surface area contributed by atoms with E-state index in [1.54, 1.807) is 14.2 Å². The van der Waals surface area contributed by atoms with Crippen molar-refractivity contribution in [1.82, 2.24) is 0 Å². The van der Waals surface area contributed by atoms with E-state index in [1.165, 1.54) is 7.11 Å². The van der Waals surface area contributed by atoms with Crippen LogP contribution < -0.4 is 9.47 Å². The van der Waals surface area contributed by atoms with Gasteiger partial charge < -0.3 is 43.0 Å². The highest BCUT2D eigenvalue weighted by atomic mass is 16.8. The van der Waals surface area contributed by atoms with Gasteiger partial charge in [0.25, 0.3) is 0 Å². The van der Waals surface area contributed by atoms with Gasteiger partial charge in [0.05, 0.1) is 33.7 Å². The van der Waals surface area contributed by atoms with Crippen molar-refractivity contribution in [3.8, 4) is 11.5 Å². The molecule has 2 aliphatic rings. The van der Waals surface area contributed by atoms with E-state index >= 15 is 0 Å². The quantitative estimate of drug-likeness (QED) is 0.131. The third kappa shape index (κ3) is 7.37. The van der Waals surface area contributed by atoms with E-state index in [4.69, 9.17) is 43.0 Å². The molecule has 2 saturated heterocycles. The summed E-state index contributed by atoms with van der Waals surface area (Å²) in [5, 5.41) is 9.11. The minimum absolute atomic E-state index is 0.00146. The first-order valence-corrected chi connectivity index (χ1v) is 16.3. The van der Waals surface area contributed by atoms with Crippen molar-refractivity contribution < 1.29 is 52.6 Å². The predicted octanol–water partition coefficient (Wildman–Crippen LogP) is 5.64. The molecule has 4 aromatic rings. The van der Waals surface area contributed by atoms with E-state index in [0.717, 1.165) is 22.3 Å². The zero-order valence-electron chi connectivity index (χ0n) is 28.0. The number of carbonyl (C=O) groups is 2. The lowest BCUT2D eigenvalue weighted by Gasteiger charge is -2.43. The molecule has 0 aromatic heterocycles. The van der Waals surface area contributed by atoms with Crippen molar-refractivity contribution in [3.63, 3.8) is 0 Å². The molecule has 1 N–H and O–H groups in total. The van der Waals surface area contributed by atoms with E-state index in [2.05, 4.69) is 0 Å². The summed E-state index contributed by atoms with van der Waals surface area (Å²) in [5.74, 6) is -0.440. The second-order valence-electron chi connectivity index (χ2n) is 11.9. The van der Waals surface area contributed by atoms with Gasteiger partial charge in [-0.15, -0.1) is 0 Å². The summed E-state index contributed by atoms with van der Waals surface area (Å²) in [5.41, 5.74) is 2.16. The minimum atomic E-state index is -1.14. The number of carbonyl (C=O) groups excluding carboxylic acids is 1. The monoisotopic (exact) mass is 684 g/mol. The first kappa shape index (κ1) is 35.1. The summed E-state index contributed by atoms with van der Waals surface area (Å²) in [6.45, 7) is -0.00146. The molecule has 4 aromatic carbocycles. The van der Waals surface area contributed by atoms with Crippen molar-refractivity contribution in [3.05, 3.63) is 131 Å². The number of methoxy groups -OCH3 is 3. The number of benzene rings is 4. The molecule has 6 atom stereocenters. The average Bonchev–Trinajstić information content (AvgIpc) is 3.62. The molecule has 11 heteroatoms. The molecule has 2 fully saturated rings. The number of hydrogen-bond acceptors (Lipinski definition) is 10. The number of ether oxygens (including phenoxy) is 8. The highest BCUT2D eigenvalue weighted by Crippen LogP contribution is 2.44. The molecule has 0 spiro atoms. The molecule has 1 unspecified atom stereocenters. The van der Waals surface area contributed by atoms with Gasteiger partial charge in [-0.25, -0.2) is 0 Å². The van der Waals surface area contributed by atoms with Crippen molar-refractivity contribution in [1.29, 1.82) is 0 Å². The summed E-state index contributed by atoms with van der Waals surface area (Å²) >= 11 is 0. The average molecular weight is 685 g/mol. The molecule has 50 heavy (non-hydrogen) atoms. The van der Waals surface area contributed by atoms with Crippen LogP contribution in [-0.2, 0) is 43.6 Å². The molecule has 2 aliphatic heterocycles. The Morgan fingerprint density at radius 2 is 1.22 bits per heavy atom. The minimum Gasteiger partial charge on any atom is -0.497 e. The zero-order chi connectivity index (χ0) is 35.1. The number of aliphatic carboxylic acids is 1. The maximum absolute atomic E-state index is 12.8. The predicted molar refractivity (Wildman–Crippen MR) is 180 cm³/mol. The highest BCUT2D eigenvalue weighted by Gasteiger charge is 2.56. The fraction of sp³-hybridized carbons (Fsp3) is 0.333. The Morgan fingerprint density at radius 3 is 1.76 bits per heavy atom. The third-order valence-electron chi connectivity index (χ3n) is 8.90. The van der Waals surface area contributed by atoms with Crippen LogP contribution in [0.4, 0.5) is 0 Å². The molecular formula is C39H40O11. The SMILES string of the molecule is COc1ccc(C(OC[C@H]2O[C@H](OC)[C@H](OC(=O)CCC(=O)O)[C@H]3OC(c4ccccc4)O[C@H]32)(c2ccccc2)c2ccc(OC)cc2)cc1. The van der Waals surface area contributed by atoms with Crippen molar-refractivity contribution in [2.24, 2.45) is 0 Å². The van der Waals surface area contributed by atoms with Gasteiger partial charge in [-0.2, -0.15) is 0 Å². The lowest BCUT2D eigenvalue weighted by atomic mass is 9.80.